The van der Waals surface area contributed by atoms with Gasteiger partial charge < -0.3 is 0 Å². The van der Waals surface area contributed by atoms with Crippen LogP contribution in [0, 0.1) is 29.1 Å². The molecule has 45 heavy (non-hydrogen) atoms. The lowest BCUT2D eigenvalue weighted by atomic mass is 9.47. The molecule has 4 atom stereocenters. The van der Waals surface area contributed by atoms with E-state index in [1.54, 1.807) is 44.9 Å². The molecule has 0 heterocycles. The minimum absolute atomic E-state index is 0.644. The van der Waals surface area contributed by atoms with Gasteiger partial charge in [0.05, 0.1) is 0 Å². The lowest BCUT2D eigenvalue weighted by molar-refractivity contribution is -0.0826. The number of hydrogen-bond donors (Lipinski definition) is 0. The van der Waals surface area contributed by atoms with Crippen LogP contribution in [0.3, 0.4) is 0 Å². The van der Waals surface area contributed by atoms with Crippen molar-refractivity contribution in [2.24, 2.45) is 29.1 Å². The summed E-state index contributed by atoms with van der Waals surface area (Å²) in [4.78, 5) is 0. The molecule has 0 bridgehead atoms. The Morgan fingerprint density at radius 3 is 1.18 bits per heavy atom. The van der Waals surface area contributed by atoms with E-state index in [1.807, 2.05) is 0 Å². The van der Waals surface area contributed by atoms with Gasteiger partial charge in [-0.25, -0.2) is 0 Å². The zero-order chi connectivity index (χ0) is 32.9. The molecular formula is C45H90. The van der Waals surface area contributed by atoms with Gasteiger partial charge in [0, 0.05) is 0 Å². The van der Waals surface area contributed by atoms with Gasteiger partial charge in [-0.1, -0.05) is 221 Å². The highest BCUT2D eigenvalue weighted by molar-refractivity contribution is 5.01. The van der Waals surface area contributed by atoms with Gasteiger partial charge in [0.25, 0.3) is 0 Å². The van der Waals surface area contributed by atoms with E-state index in [4.69, 9.17) is 0 Å². The Balaban J connectivity index is 3.47. The lowest BCUT2D eigenvalue weighted by Gasteiger charge is -2.58. The summed E-state index contributed by atoms with van der Waals surface area (Å²) < 4.78 is 0. The number of unbranched alkanes of at least 4 members (excludes halogenated alkanes) is 21. The summed E-state index contributed by atoms with van der Waals surface area (Å²) in [6.07, 6.45) is 50.5. The van der Waals surface area contributed by atoms with Crippen LogP contribution >= 0.6 is 0 Å². The Kier molecular flexibility index (Phi) is 28.8. The average molecular weight is 631 g/mol. The van der Waals surface area contributed by atoms with Gasteiger partial charge in [-0.15, -0.1) is 0 Å². The third-order valence-electron chi connectivity index (χ3n) is 12.6. The predicted octanol–water partition coefficient (Wildman–Crippen LogP) is 16.8. The van der Waals surface area contributed by atoms with Crippen molar-refractivity contribution in [3.8, 4) is 0 Å². The van der Waals surface area contributed by atoms with E-state index in [0.717, 1.165) is 23.7 Å². The standard InChI is InChI=1S/C45H90/c1-7-13-19-25-30-36-43-41(34-28-22-16-10-4)40-42(35-29-23-17-11-5)45(38-32-26-20-14-8-2,39-33-27-21-15-9-3)44(43)37-31-24-18-12-6/h41-44H,7-40H2,1-6H3. The van der Waals surface area contributed by atoms with E-state index in [2.05, 4.69) is 41.5 Å². The summed E-state index contributed by atoms with van der Waals surface area (Å²) >= 11 is 0. The van der Waals surface area contributed by atoms with Crippen LogP contribution < -0.4 is 0 Å². The van der Waals surface area contributed by atoms with E-state index in [1.165, 1.54) is 173 Å². The summed E-state index contributed by atoms with van der Waals surface area (Å²) in [5.74, 6) is 4.07. The molecule has 270 valence electrons. The highest BCUT2D eigenvalue weighted by Gasteiger charge is 2.52. The van der Waals surface area contributed by atoms with E-state index < -0.39 is 0 Å². The Labute approximate surface area is 288 Å². The maximum Gasteiger partial charge on any atom is -0.0238 e. The number of rotatable bonds is 33. The molecule has 1 fully saturated rings. The van der Waals surface area contributed by atoms with Crippen molar-refractivity contribution in [3.05, 3.63) is 0 Å². The zero-order valence-corrected chi connectivity index (χ0v) is 32.9. The smallest absolute Gasteiger partial charge is 0.0238 e. The Morgan fingerprint density at radius 1 is 0.356 bits per heavy atom. The SMILES string of the molecule is CCCCCCCC1C(CCCCCC)CC(CCCCCC)C(CCCCCCC)(CCCCCCC)C1CCCCCC. The van der Waals surface area contributed by atoms with E-state index in [-0.39, 0.29) is 0 Å². The van der Waals surface area contributed by atoms with Crippen LogP contribution in [0.15, 0.2) is 0 Å². The molecule has 0 nitrogen and oxygen atoms in total. The molecule has 0 spiro atoms. The number of hydrogen-bond acceptors (Lipinski definition) is 0. The molecule has 1 aliphatic rings. The molecule has 0 aromatic rings. The molecule has 0 aliphatic heterocycles. The first-order chi connectivity index (χ1) is 22.1. The molecule has 1 saturated carbocycles. The Morgan fingerprint density at radius 2 is 0.711 bits per heavy atom. The van der Waals surface area contributed by atoms with Crippen LogP contribution in [0.4, 0.5) is 0 Å². The van der Waals surface area contributed by atoms with Crippen molar-refractivity contribution in [1.82, 2.24) is 0 Å². The Hall–Kier alpha value is 0. The summed E-state index contributed by atoms with van der Waals surface area (Å²) in [5, 5.41) is 0. The van der Waals surface area contributed by atoms with Crippen molar-refractivity contribution < 1.29 is 0 Å². The second kappa shape index (κ2) is 30.1. The van der Waals surface area contributed by atoms with Crippen LogP contribution in [0.25, 0.3) is 0 Å². The molecule has 4 unspecified atom stereocenters. The molecule has 0 saturated heterocycles. The zero-order valence-electron chi connectivity index (χ0n) is 32.9. The van der Waals surface area contributed by atoms with Gasteiger partial charge in [0.1, 0.15) is 0 Å². The van der Waals surface area contributed by atoms with Crippen LogP contribution in [0.1, 0.15) is 260 Å². The summed E-state index contributed by atoms with van der Waals surface area (Å²) in [6, 6.07) is 0. The first-order valence-electron chi connectivity index (χ1n) is 22.1. The quantitative estimate of drug-likeness (QED) is 0.0633. The first-order valence-corrected chi connectivity index (χ1v) is 22.1. The average Bonchev–Trinajstić information content (AvgIpc) is 3.05. The molecule has 0 N–H and O–H groups in total. The van der Waals surface area contributed by atoms with Crippen LogP contribution in [0.5, 0.6) is 0 Å². The Bertz CT molecular complexity index is 577. The molecule has 0 radical (unpaired) electrons. The second-order valence-electron chi connectivity index (χ2n) is 16.3. The van der Waals surface area contributed by atoms with E-state index >= 15 is 0 Å². The fourth-order valence-electron chi connectivity index (χ4n) is 9.95. The van der Waals surface area contributed by atoms with Gasteiger partial charge in [-0.2, -0.15) is 0 Å². The van der Waals surface area contributed by atoms with Crippen molar-refractivity contribution in [3.63, 3.8) is 0 Å². The first kappa shape index (κ1) is 43.0. The monoisotopic (exact) mass is 631 g/mol. The summed E-state index contributed by atoms with van der Waals surface area (Å²) in [5.41, 5.74) is 0.644. The largest absolute Gasteiger partial charge is 0.0654 e. The van der Waals surface area contributed by atoms with Crippen LogP contribution in [-0.4, -0.2) is 0 Å². The van der Waals surface area contributed by atoms with E-state index in [0.29, 0.717) is 5.41 Å². The van der Waals surface area contributed by atoms with Gasteiger partial charge in [0.15, 0.2) is 0 Å². The third-order valence-corrected chi connectivity index (χ3v) is 12.6. The molecule has 0 amide bonds. The van der Waals surface area contributed by atoms with Crippen molar-refractivity contribution in [2.75, 3.05) is 0 Å². The topological polar surface area (TPSA) is 0 Å². The maximum absolute atomic E-state index is 2.41. The molecule has 0 aromatic heterocycles. The lowest BCUT2D eigenvalue weighted by Crippen LogP contribution is -2.49. The highest BCUT2D eigenvalue weighted by Crippen LogP contribution is 2.61. The fourth-order valence-corrected chi connectivity index (χ4v) is 9.95. The van der Waals surface area contributed by atoms with Gasteiger partial charge in [0.2, 0.25) is 0 Å². The molecule has 1 aliphatic carbocycles. The van der Waals surface area contributed by atoms with Gasteiger partial charge >= 0.3 is 0 Å². The highest BCUT2D eigenvalue weighted by atomic mass is 14.6. The van der Waals surface area contributed by atoms with Gasteiger partial charge in [-0.05, 0) is 67.6 Å². The third kappa shape index (κ3) is 18.4. The van der Waals surface area contributed by atoms with Crippen molar-refractivity contribution in [2.45, 2.75) is 260 Å². The minimum atomic E-state index is 0.644. The van der Waals surface area contributed by atoms with Crippen LogP contribution in [-0.2, 0) is 0 Å². The molecule has 0 aromatic carbocycles. The summed E-state index contributed by atoms with van der Waals surface area (Å²) in [6.45, 7) is 14.4. The molecule has 0 heteroatoms. The fraction of sp³-hybridized carbons (Fsp3) is 1.00. The van der Waals surface area contributed by atoms with Crippen molar-refractivity contribution in [1.29, 1.82) is 0 Å². The molecular weight excluding hydrogens is 540 g/mol. The van der Waals surface area contributed by atoms with E-state index in [9.17, 15) is 0 Å². The molecule has 1 rings (SSSR count). The second-order valence-corrected chi connectivity index (χ2v) is 16.3. The minimum Gasteiger partial charge on any atom is -0.0654 e. The predicted molar refractivity (Wildman–Crippen MR) is 207 cm³/mol. The summed E-state index contributed by atoms with van der Waals surface area (Å²) in [7, 11) is 0. The normalized spacial score (nSPS) is 21.5. The van der Waals surface area contributed by atoms with Crippen LogP contribution in [0.2, 0.25) is 0 Å². The van der Waals surface area contributed by atoms with Crippen molar-refractivity contribution >= 4 is 0 Å². The van der Waals surface area contributed by atoms with Gasteiger partial charge in [-0.3, -0.25) is 0 Å². The maximum atomic E-state index is 2.41.